The molecule has 12 rings (SSSR count). The zero-order valence-electron chi connectivity index (χ0n) is 39.0. The van der Waals surface area contributed by atoms with E-state index >= 15 is 0 Å². The number of esters is 4. The number of fused-ring (bicyclic) bond motifs is 8. The fourth-order valence-electron chi connectivity index (χ4n) is 10.1. The van der Waals surface area contributed by atoms with Crippen LogP contribution in [0.3, 0.4) is 0 Å². The van der Waals surface area contributed by atoms with Crippen molar-refractivity contribution in [3.05, 3.63) is 239 Å². The van der Waals surface area contributed by atoms with Gasteiger partial charge in [-0.1, -0.05) is 146 Å². The summed E-state index contributed by atoms with van der Waals surface area (Å²) in [7, 11) is 0. The highest BCUT2D eigenvalue weighted by Crippen LogP contribution is 2.49. The van der Waals surface area contributed by atoms with E-state index in [2.05, 4.69) is 0 Å². The summed E-state index contributed by atoms with van der Waals surface area (Å²) in [5.41, 5.74) is 2.88. The summed E-state index contributed by atoms with van der Waals surface area (Å²) >= 11 is 0. The second-order valence-electron chi connectivity index (χ2n) is 18.4. The standard InChI is InChI=1S/C61H44O12/c62-57(53-37-17-1-9-25-45(37)70-46-26-10-2-18-38(46)53)66-33-61(34-67-58(63)54-39-19-3-11-27-47(39)71-48-28-12-4-20-40(48)54,35-68-59(64)55-41-21-5-13-29-49(41)72-50-30-14-6-22-42(50)55)36-69-60(65)56-43-23-7-15-31-51(43)73-52-32-16-8-24-44(52)56/h1-32,53-56H,33-36H2. The number of carbonyl (C=O) groups excluding carboxylic acids is 4. The van der Waals surface area contributed by atoms with Crippen molar-refractivity contribution < 1.29 is 57.1 Å². The number of hydrogen-bond donors (Lipinski definition) is 0. The van der Waals surface area contributed by atoms with Crippen molar-refractivity contribution in [2.24, 2.45) is 5.41 Å². The fraction of sp³-hybridized carbons (Fsp3) is 0.148. The molecule has 12 heteroatoms. The van der Waals surface area contributed by atoms with Gasteiger partial charge in [0.05, 0.1) is 0 Å². The van der Waals surface area contributed by atoms with E-state index in [0.717, 1.165) is 0 Å². The van der Waals surface area contributed by atoms with Crippen molar-refractivity contribution in [3.8, 4) is 46.0 Å². The van der Waals surface area contributed by atoms with Gasteiger partial charge in [-0.3, -0.25) is 19.2 Å². The van der Waals surface area contributed by atoms with Crippen molar-refractivity contribution in [2.45, 2.75) is 23.7 Å². The van der Waals surface area contributed by atoms with Crippen molar-refractivity contribution >= 4 is 23.9 Å². The molecule has 0 saturated heterocycles. The molecule has 0 aromatic heterocycles. The molecule has 0 N–H and O–H groups in total. The Morgan fingerprint density at radius 1 is 0.274 bits per heavy atom. The number of rotatable bonds is 12. The van der Waals surface area contributed by atoms with Crippen LogP contribution in [0.5, 0.6) is 46.0 Å². The Morgan fingerprint density at radius 2 is 0.425 bits per heavy atom. The minimum absolute atomic E-state index is 0.484. The molecule has 0 saturated carbocycles. The lowest BCUT2D eigenvalue weighted by Crippen LogP contribution is -2.45. The summed E-state index contributed by atoms with van der Waals surface area (Å²) in [6.45, 7) is -2.15. The minimum Gasteiger partial charge on any atom is -0.464 e. The van der Waals surface area contributed by atoms with E-state index in [0.29, 0.717) is 90.5 Å². The molecule has 360 valence electrons. The van der Waals surface area contributed by atoms with E-state index in [9.17, 15) is 19.2 Å². The molecule has 0 amide bonds. The Balaban J connectivity index is 0.932. The van der Waals surface area contributed by atoms with Gasteiger partial charge >= 0.3 is 23.9 Å². The van der Waals surface area contributed by atoms with Crippen molar-refractivity contribution in [2.75, 3.05) is 26.4 Å². The first kappa shape index (κ1) is 45.0. The monoisotopic (exact) mass is 968 g/mol. The fourth-order valence-corrected chi connectivity index (χ4v) is 10.1. The van der Waals surface area contributed by atoms with Crippen LogP contribution in [0.25, 0.3) is 0 Å². The molecule has 0 bridgehead atoms. The van der Waals surface area contributed by atoms with Gasteiger partial charge in [0.15, 0.2) is 0 Å². The van der Waals surface area contributed by atoms with Gasteiger partial charge in [0.1, 0.15) is 102 Å². The zero-order chi connectivity index (χ0) is 49.5. The van der Waals surface area contributed by atoms with Gasteiger partial charge in [-0.2, -0.15) is 0 Å². The van der Waals surface area contributed by atoms with Crippen LogP contribution in [-0.4, -0.2) is 50.3 Å². The van der Waals surface area contributed by atoms with Gasteiger partial charge in [0, 0.05) is 44.5 Å². The molecule has 4 aliphatic rings. The van der Waals surface area contributed by atoms with E-state index in [1.807, 2.05) is 97.1 Å². The normalized spacial score (nSPS) is 14.1. The third kappa shape index (κ3) is 8.36. The summed E-state index contributed by atoms with van der Waals surface area (Å²) in [5, 5.41) is 0. The van der Waals surface area contributed by atoms with Crippen LogP contribution in [0.2, 0.25) is 0 Å². The molecule has 0 atom stereocenters. The average molecular weight is 969 g/mol. The molecule has 12 nitrogen and oxygen atoms in total. The van der Waals surface area contributed by atoms with Crippen molar-refractivity contribution in [1.82, 2.24) is 0 Å². The number of benzene rings is 8. The number of carbonyl (C=O) groups is 4. The maximum Gasteiger partial charge on any atom is 0.318 e. The minimum atomic E-state index is -1.72. The zero-order valence-corrected chi connectivity index (χ0v) is 39.0. The van der Waals surface area contributed by atoms with E-state index in [1.54, 1.807) is 97.1 Å². The molecule has 8 aromatic carbocycles. The Morgan fingerprint density at radius 3 is 0.589 bits per heavy atom. The average Bonchev–Trinajstić information content (AvgIpc) is 3.43. The van der Waals surface area contributed by atoms with E-state index in [4.69, 9.17) is 37.9 Å². The van der Waals surface area contributed by atoms with E-state index in [1.165, 1.54) is 0 Å². The highest BCUT2D eigenvalue weighted by atomic mass is 16.6. The molecule has 0 fully saturated rings. The van der Waals surface area contributed by atoms with Crippen molar-refractivity contribution in [3.63, 3.8) is 0 Å². The molecule has 0 radical (unpaired) electrons. The predicted molar refractivity (Wildman–Crippen MR) is 265 cm³/mol. The Hall–Kier alpha value is -9.16. The Labute approximate surface area is 419 Å². The highest BCUT2D eigenvalue weighted by molar-refractivity contribution is 5.88. The van der Waals surface area contributed by atoms with Crippen LogP contribution in [0.4, 0.5) is 0 Å². The number of para-hydroxylation sites is 8. The van der Waals surface area contributed by atoms with E-state index in [-0.39, 0.29) is 0 Å². The topological polar surface area (TPSA) is 142 Å². The number of ether oxygens (including phenoxy) is 8. The summed E-state index contributed by atoms with van der Waals surface area (Å²) in [6, 6.07) is 57.6. The lowest BCUT2D eigenvalue weighted by Gasteiger charge is -2.35. The largest absolute Gasteiger partial charge is 0.464 e. The molecular formula is C61H44O12. The van der Waals surface area contributed by atoms with Gasteiger partial charge < -0.3 is 37.9 Å². The number of hydrogen-bond acceptors (Lipinski definition) is 12. The van der Waals surface area contributed by atoms with Gasteiger partial charge in [0.2, 0.25) is 0 Å². The first-order chi connectivity index (χ1) is 35.8. The molecule has 4 heterocycles. The third-order valence-electron chi connectivity index (χ3n) is 13.7. The molecular weight excluding hydrogens is 925 g/mol. The lowest BCUT2D eigenvalue weighted by molar-refractivity contribution is -0.171. The van der Waals surface area contributed by atoms with Crippen LogP contribution in [0.15, 0.2) is 194 Å². The first-order valence-electron chi connectivity index (χ1n) is 23.9. The van der Waals surface area contributed by atoms with Crippen LogP contribution in [-0.2, 0) is 38.1 Å². The van der Waals surface area contributed by atoms with Gasteiger partial charge in [-0.25, -0.2) is 0 Å². The summed E-state index contributed by atoms with van der Waals surface area (Å²) in [4.78, 5) is 59.6. The third-order valence-corrected chi connectivity index (χ3v) is 13.7. The maximum absolute atomic E-state index is 14.9. The van der Waals surface area contributed by atoms with E-state index < -0.39 is 79.4 Å². The molecule has 8 aromatic rings. The van der Waals surface area contributed by atoms with Crippen molar-refractivity contribution in [1.29, 1.82) is 0 Å². The van der Waals surface area contributed by atoms with Crippen LogP contribution >= 0.6 is 0 Å². The highest BCUT2D eigenvalue weighted by Gasteiger charge is 2.45. The van der Waals surface area contributed by atoms with Gasteiger partial charge in [-0.05, 0) is 48.5 Å². The van der Waals surface area contributed by atoms with Gasteiger partial charge in [0.25, 0.3) is 0 Å². The second kappa shape index (κ2) is 18.9. The SMILES string of the molecule is O=C(OCC(COC(=O)C1c2ccccc2Oc2ccccc21)(COC(=O)C1c2ccccc2Oc2ccccc21)COC(=O)C1c2ccccc2Oc2ccccc21)C1c2ccccc2Oc2ccccc21. The predicted octanol–water partition coefficient (Wildman–Crippen LogP) is 11.9. The Bertz CT molecular complexity index is 2830. The molecule has 4 aliphatic heterocycles. The quantitative estimate of drug-likeness (QED) is 0.0849. The second-order valence-corrected chi connectivity index (χ2v) is 18.4. The first-order valence-corrected chi connectivity index (χ1v) is 23.9. The summed E-state index contributed by atoms with van der Waals surface area (Å²) in [6.07, 6.45) is 0. The molecule has 0 spiro atoms. The van der Waals surface area contributed by atoms with Crippen LogP contribution < -0.4 is 18.9 Å². The molecule has 73 heavy (non-hydrogen) atoms. The lowest BCUT2D eigenvalue weighted by atomic mass is 9.86. The molecule has 0 aliphatic carbocycles. The van der Waals surface area contributed by atoms with Gasteiger partial charge in [-0.15, -0.1) is 0 Å². The summed E-state index contributed by atoms with van der Waals surface area (Å²) in [5.74, 6) is -2.54. The van der Waals surface area contributed by atoms with Crippen LogP contribution in [0.1, 0.15) is 68.2 Å². The Kier molecular flexibility index (Phi) is 11.6. The van der Waals surface area contributed by atoms with Crippen LogP contribution in [0, 0.1) is 5.41 Å². The maximum atomic E-state index is 14.9. The summed E-state index contributed by atoms with van der Waals surface area (Å²) < 4.78 is 50.5. The smallest absolute Gasteiger partial charge is 0.318 e. The molecule has 0 unspecified atom stereocenters.